The van der Waals surface area contributed by atoms with Crippen molar-refractivity contribution in [1.29, 1.82) is 0 Å². The molecule has 6 heteroatoms. The second kappa shape index (κ2) is 7.35. The van der Waals surface area contributed by atoms with Crippen molar-refractivity contribution in [3.8, 4) is 11.5 Å². The Hall–Kier alpha value is -1.27. The van der Waals surface area contributed by atoms with Gasteiger partial charge in [0, 0.05) is 12.6 Å². The summed E-state index contributed by atoms with van der Waals surface area (Å²) in [6.07, 6.45) is 0. The van der Waals surface area contributed by atoms with Crippen LogP contribution in [0.15, 0.2) is 16.6 Å². The predicted octanol–water partition coefficient (Wildman–Crippen LogP) is 2.88. The molecule has 1 aromatic carbocycles. The highest BCUT2D eigenvalue weighted by Gasteiger charge is 2.18. The van der Waals surface area contributed by atoms with E-state index in [-0.39, 0.29) is 5.91 Å². The Morgan fingerprint density at radius 1 is 1.21 bits per heavy atom. The van der Waals surface area contributed by atoms with E-state index in [1.165, 1.54) is 7.11 Å². The number of halogens is 1. The number of hydrogen-bond donors (Lipinski definition) is 0. The number of rotatable bonds is 6. The van der Waals surface area contributed by atoms with Crippen LogP contribution in [0.2, 0.25) is 0 Å². The molecule has 0 bridgehead atoms. The first-order valence-corrected chi connectivity index (χ1v) is 6.75. The van der Waals surface area contributed by atoms with Gasteiger partial charge in [-0.3, -0.25) is 9.63 Å². The van der Waals surface area contributed by atoms with Gasteiger partial charge in [0.05, 0.1) is 20.3 Å². The summed E-state index contributed by atoms with van der Waals surface area (Å²) in [6, 6.07) is 3.32. The van der Waals surface area contributed by atoms with Crippen molar-refractivity contribution in [3.63, 3.8) is 0 Å². The van der Waals surface area contributed by atoms with Crippen LogP contribution in [0, 0.1) is 0 Å². The molecule has 106 valence electrons. The van der Waals surface area contributed by atoms with Crippen molar-refractivity contribution in [3.05, 3.63) is 22.2 Å². The van der Waals surface area contributed by atoms with Crippen molar-refractivity contribution in [2.45, 2.75) is 13.8 Å². The minimum atomic E-state index is -0.267. The van der Waals surface area contributed by atoms with E-state index in [1.807, 2.05) is 13.8 Å². The lowest BCUT2D eigenvalue weighted by atomic mass is 10.2. The molecule has 0 unspecified atom stereocenters. The first kappa shape index (κ1) is 15.8. The van der Waals surface area contributed by atoms with E-state index >= 15 is 0 Å². The maximum atomic E-state index is 12.1. The molecule has 1 rings (SSSR count). The topological polar surface area (TPSA) is 48.0 Å². The number of nitrogens with zero attached hydrogens (tertiary/aromatic N) is 1. The largest absolute Gasteiger partial charge is 0.493 e. The molecule has 0 aliphatic carbocycles. The van der Waals surface area contributed by atoms with E-state index in [0.29, 0.717) is 34.7 Å². The molecular formula is C13H18BrNO4. The first-order chi connectivity index (χ1) is 9.04. The average Bonchev–Trinajstić information content (AvgIpc) is 2.41. The van der Waals surface area contributed by atoms with E-state index in [9.17, 15) is 4.79 Å². The van der Waals surface area contributed by atoms with E-state index in [2.05, 4.69) is 15.9 Å². The maximum Gasteiger partial charge on any atom is 0.277 e. The highest BCUT2D eigenvalue weighted by Crippen LogP contribution is 2.36. The van der Waals surface area contributed by atoms with Crippen LogP contribution in [-0.2, 0) is 4.84 Å². The molecule has 0 saturated heterocycles. The summed E-state index contributed by atoms with van der Waals surface area (Å²) in [7, 11) is 2.98. The minimum absolute atomic E-state index is 0.267. The Balaban J connectivity index is 3.21. The van der Waals surface area contributed by atoms with Crippen LogP contribution in [-0.4, -0.2) is 38.3 Å². The van der Waals surface area contributed by atoms with Gasteiger partial charge in [0.25, 0.3) is 5.91 Å². The number of carbonyl (C=O) groups is 1. The van der Waals surface area contributed by atoms with Crippen molar-refractivity contribution in [2.24, 2.45) is 0 Å². The molecule has 0 fully saturated rings. The number of ether oxygens (including phenoxy) is 2. The Morgan fingerprint density at radius 3 is 2.05 bits per heavy atom. The van der Waals surface area contributed by atoms with Crippen LogP contribution in [0.3, 0.4) is 0 Å². The summed E-state index contributed by atoms with van der Waals surface area (Å²) in [4.78, 5) is 17.0. The quantitative estimate of drug-likeness (QED) is 0.752. The van der Waals surface area contributed by atoms with E-state index in [4.69, 9.17) is 14.3 Å². The fourth-order valence-corrected chi connectivity index (χ4v) is 1.94. The molecule has 5 nitrogen and oxygen atoms in total. The smallest absolute Gasteiger partial charge is 0.277 e. The van der Waals surface area contributed by atoms with Gasteiger partial charge < -0.3 is 9.47 Å². The highest BCUT2D eigenvalue weighted by molar-refractivity contribution is 9.10. The third-order valence-electron chi connectivity index (χ3n) is 2.41. The molecule has 0 aromatic heterocycles. The van der Waals surface area contributed by atoms with Gasteiger partial charge in [-0.05, 0) is 41.9 Å². The third-order valence-corrected chi connectivity index (χ3v) is 3.19. The minimum Gasteiger partial charge on any atom is -0.493 e. The van der Waals surface area contributed by atoms with Gasteiger partial charge in [-0.1, -0.05) is 0 Å². The summed E-state index contributed by atoms with van der Waals surface area (Å²) >= 11 is 3.41. The molecule has 0 aliphatic heterocycles. The Bertz CT molecular complexity index is 423. The van der Waals surface area contributed by atoms with Gasteiger partial charge in [0.2, 0.25) is 0 Å². The first-order valence-electron chi connectivity index (χ1n) is 5.96. The maximum absolute atomic E-state index is 12.1. The van der Waals surface area contributed by atoms with Gasteiger partial charge in [0.15, 0.2) is 0 Å². The van der Waals surface area contributed by atoms with E-state index < -0.39 is 0 Å². The summed E-state index contributed by atoms with van der Waals surface area (Å²) in [5, 5.41) is 1.15. The molecule has 0 heterocycles. The second-order valence-electron chi connectivity index (χ2n) is 3.64. The number of benzene rings is 1. The molecule has 0 atom stereocenters. The number of hydrogen-bond acceptors (Lipinski definition) is 4. The van der Waals surface area contributed by atoms with Crippen molar-refractivity contribution in [1.82, 2.24) is 5.06 Å². The zero-order valence-electron chi connectivity index (χ0n) is 11.5. The predicted molar refractivity (Wildman–Crippen MR) is 75.6 cm³/mol. The van der Waals surface area contributed by atoms with Crippen LogP contribution < -0.4 is 9.47 Å². The van der Waals surface area contributed by atoms with Crippen LogP contribution in [0.5, 0.6) is 11.5 Å². The SMILES string of the molecule is CCOc1cc(C(=O)N(C)OC)cc(OCC)c1Br. The number of carbonyl (C=O) groups excluding carboxylic acids is 1. The highest BCUT2D eigenvalue weighted by atomic mass is 79.9. The third kappa shape index (κ3) is 3.84. The molecule has 0 spiro atoms. The van der Waals surface area contributed by atoms with Crippen LogP contribution in [0.4, 0.5) is 0 Å². The van der Waals surface area contributed by atoms with Gasteiger partial charge in [-0.25, -0.2) is 5.06 Å². The molecule has 0 radical (unpaired) electrons. The van der Waals surface area contributed by atoms with Crippen molar-refractivity contribution < 1.29 is 19.1 Å². The molecule has 1 amide bonds. The fourth-order valence-electron chi connectivity index (χ4n) is 1.48. The standard InChI is InChI=1S/C13H18BrNO4/c1-5-18-10-7-9(13(16)15(3)17-4)8-11(12(10)14)19-6-2/h7-8H,5-6H2,1-4H3. The lowest BCUT2D eigenvalue weighted by molar-refractivity contribution is -0.0757. The number of hydroxylamine groups is 2. The normalized spacial score (nSPS) is 10.2. The molecular weight excluding hydrogens is 314 g/mol. The zero-order chi connectivity index (χ0) is 14.4. The molecule has 1 aromatic rings. The van der Waals surface area contributed by atoms with E-state index in [0.717, 1.165) is 5.06 Å². The summed E-state index contributed by atoms with van der Waals surface area (Å²) in [6.45, 7) is 4.76. The average molecular weight is 332 g/mol. The Morgan fingerprint density at radius 2 is 1.68 bits per heavy atom. The van der Waals surface area contributed by atoms with Gasteiger partial charge in [-0.15, -0.1) is 0 Å². The number of amides is 1. The molecule has 0 aliphatic rings. The molecule has 0 saturated carbocycles. The lowest BCUT2D eigenvalue weighted by Crippen LogP contribution is -2.25. The summed E-state index contributed by atoms with van der Waals surface area (Å²) in [5.74, 6) is 0.875. The summed E-state index contributed by atoms with van der Waals surface area (Å²) in [5.41, 5.74) is 0.444. The Kier molecular flexibility index (Phi) is 6.11. The van der Waals surface area contributed by atoms with Gasteiger partial charge >= 0.3 is 0 Å². The molecule has 19 heavy (non-hydrogen) atoms. The lowest BCUT2D eigenvalue weighted by Gasteiger charge is -2.17. The van der Waals surface area contributed by atoms with Gasteiger partial charge in [-0.2, -0.15) is 0 Å². The zero-order valence-corrected chi connectivity index (χ0v) is 13.1. The van der Waals surface area contributed by atoms with Crippen LogP contribution in [0.1, 0.15) is 24.2 Å². The Labute approximate surface area is 121 Å². The summed E-state index contributed by atoms with van der Waals surface area (Å²) < 4.78 is 11.7. The molecule has 0 N–H and O–H groups in total. The van der Waals surface area contributed by atoms with Crippen LogP contribution >= 0.6 is 15.9 Å². The van der Waals surface area contributed by atoms with E-state index in [1.54, 1.807) is 19.2 Å². The van der Waals surface area contributed by atoms with Crippen molar-refractivity contribution in [2.75, 3.05) is 27.4 Å². The second-order valence-corrected chi connectivity index (χ2v) is 4.43. The van der Waals surface area contributed by atoms with Gasteiger partial charge in [0.1, 0.15) is 16.0 Å². The monoisotopic (exact) mass is 331 g/mol. The fraction of sp³-hybridized carbons (Fsp3) is 0.462. The van der Waals surface area contributed by atoms with Crippen LogP contribution in [0.25, 0.3) is 0 Å². The van der Waals surface area contributed by atoms with Crippen molar-refractivity contribution >= 4 is 21.8 Å².